The monoisotopic (exact) mass is 164 g/mol. The van der Waals surface area contributed by atoms with Crippen LogP contribution in [0.25, 0.3) is 0 Å². The van der Waals surface area contributed by atoms with Crippen LogP contribution >= 0.6 is 0 Å². The van der Waals surface area contributed by atoms with E-state index in [9.17, 15) is 5.11 Å². The molecule has 1 saturated heterocycles. The standard InChI is InChI=1S/C6H12O5/c7-2-4-1-5(9)6(10,3-8)11-4/h4-5,7-10H,1-3H2/t4-,5-,6+/m0/s1. The Hall–Kier alpha value is -0.200. The Morgan fingerprint density at radius 3 is 2.36 bits per heavy atom. The number of aliphatic hydroxyl groups excluding tert-OH is 3. The SMILES string of the molecule is OC[C@@H]1C[C@H](O)[C@@](O)(CO)O1. The normalized spacial score (nSPS) is 44.7. The topological polar surface area (TPSA) is 90.2 Å². The van der Waals surface area contributed by atoms with Gasteiger partial charge in [-0.2, -0.15) is 0 Å². The second-order valence-electron chi connectivity index (χ2n) is 2.68. The minimum absolute atomic E-state index is 0.146. The van der Waals surface area contributed by atoms with Crippen LogP contribution in [-0.4, -0.2) is 51.6 Å². The van der Waals surface area contributed by atoms with Crippen molar-refractivity contribution in [3.8, 4) is 0 Å². The van der Waals surface area contributed by atoms with Gasteiger partial charge in [-0.15, -0.1) is 0 Å². The maximum atomic E-state index is 9.24. The lowest BCUT2D eigenvalue weighted by Crippen LogP contribution is -2.43. The summed E-state index contributed by atoms with van der Waals surface area (Å²) in [4.78, 5) is 0. The van der Waals surface area contributed by atoms with E-state index in [4.69, 9.17) is 20.1 Å². The van der Waals surface area contributed by atoms with Crippen LogP contribution in [0, 0.1) is 0 Å². The van der Waals surface area contributed by atoms with E-state index in [1.54, 1.807) is 0 Å². The molecule has 66 valence electrons. The van der Waals surface area contributed by atoms with E-state index in [0.29, 0.717) is 0 Å². The summed E-state index contributed by atoms with van der Waals surface area (Å²) in [6.07, 6.45) is -1.56. The van der Waals surface area contributed by atoms with Gasteiger partial charge in [0.25, 0.3) is 0 Å². The van der Waals surface area contributed by atoms with Crippen molar-refractivity contribution in [1.29, 1.82) is 0 Å². The van der Waals surface area contributed by atoms with Gasteiger partial charge in [-0.25, -0.2) is 0 Å². The third kappa shape index (κ3) is 1.52. The van der Waals surface area contributed by atoms with Crippen molar-refractivity contribution in [2.75, 3.05) is 13.2 Å². The van der Waals surface area contributed by atoms with Crippen LogP contribution in [0.4, 0.5) is 0 Å². The van der Waals surface area contributed by atoms with Crippen LogP contribution in [0.1, 0.15) is 6.42 Å². The molecule has 0 radical (unpaired) electrons. The summed E-state index contributed by atoms with van der Waals surface area (Å²) >= 11 is 0. The lowest BCUT2D eigenvalue weighted by Gasteiger charge is -2.22. The largest absolute Gasteiger partial charge is 0.394 e. The Kier molecular flexibility index (Phi) is 2.46. The highest BCUT2D eigenvalue weighted by Gasteiger charge is 2.45. The van der Waals surface area contributed by atoms with E-state index in [1.165, 1.54) is 0 Å². The highest BCUT2D eigenvalue weighted by Crippen LogP contribution is 2.27. The van der Waals surface area contributed by atoms with E-state index >= 15 is 0 Å². The van der Waals surface area contributed by atoms with E-state index in [2.05, 4.69) is 0 Å². The third-order valence-corrected chi connectivity index (χ3v) is 1.81. The first-order valence-corrected chi connectivity index (χ1v) is 3.42. The Labute approximate surface area is 63.8 Å². The molecule has 0 unspecified atom stereocenters. The molecular weight excluding hydrogens is 152 g/mol. The van der Waals surface area contributed by atoms with E-state index in [1.807, 2.05) is 0 Å². The molecule has 0 spiro atoms. The molecule has 5 heteroatoms. The fourth-order valence-electron chi connectivity index (χ4n) is 1.10. The summed E-state index contributed by atoms with van der Waals surface area (Å²) in [5.41, 5.74) is 0. The molecule has 0 aliphatic carbocycles. The maximum absolute atomic E-state index is 9.24. The summed E-state index contributed by atoms with van der Waals surface area (Å²) in [5, 5.41) is 35.5. The molecule has 11 heavy (non-hydrogen) atoms. The molecule has 1 heterocycles. The van der Waals surface area contributed by atoms with E-state index < -0.39 is 24.6 Å². The van der Waals surface area contributed by atoms with Gasteiger partial charge < -0.3 is 25.2 Å². The number of hydrogen-bond donors (Lipinski definition) is 4. The van der Waals surface area contributed by atoms with Crippen LogP contribution in [0.5, 0.6) is 0 Å². The fourth-order valence-corrected chi connectivity index (χ4v) is 1.10. The zero-order valence-corrected chi connectivity index (χ0v) is 5.97. The molecule has 0 aromatic rings. The molecule has 1 rings (SSSR count). The van der Waals surface area contributed by atoms with E-state index in [0.717, 1.165) is 0 Å². The molecule has 1 fully saturated rings. The summed E-state index contributed by atoms with van der Waals surface area (Å²) in [6, 6.07) is 0. The van der Waals surface area contributed by atoms with Crippen molar-refractivity contribution in [3.63, 3.8) is 0 Å². The summed E-state index contributed by atoms with van der Waals surface area (Å²) in [7, 11) is 0. The molecule has 5 nitrogen and oxygen atoms in total. The number of ether oxygens (including phenoxy) is 1. The molecule has 0 bridgehead atoms. The minimum atomic E-state index is -1.88. The van der Waals surface area contributed by atoms with Gasteiger partial charge in [0.2, 0.25) is 5.79 Å². The van der Waals surface area contributed by atoms with Crippen LogP contribution in [0.15, 0.2) is 0 Å². The molecule has 0 saturated carbocycles. The highest BCUT2D eigenvalue weighted by atomic mass is 16.7. The Bertz CT molecular complexity index is 139. The van der Waals surface area contributed by atoms with Crippen LogP contribution in [0.3, 0.4) is 0 Å². The predicted molar refractivity (Wildman–Crippen MR) is 34.6 cm³/mol. The molecule has 4 N–H and O–H groups in total. The van der Waals surface area contributed by atoms with Crippen molar-refractivity contribution in [2.45, 2.75) is 24.4 Å². The van der Waals surface area contributed by atoms with Crippen molar-refractivity contribution >= 4 is 0 Å². The highest BCUT2D eigenvalue weighted by molar-refractivity contribution is 4.87. The lowest BCUT2D eigenvalue weighted by molar-refractivity contribution is -0.247. The molecular formula is C6H12O5. The molecule has 1 aliphatic heterocycles. The van der Waals surface area contributed by atoms with Gasteiger partial charge in [0.1, 0.15) is 6.10 Å². The number of rotatable bonds is 2. The maximum Gasteiger partial charge on any atom is 0.216 e. The summed E-state index contributed by atoms with van der Waals surface area (Å²) in [5.74, 6) is -1.88. The summed E-state index contributed by atoms with van der Waals surface area (Å²) < 4.78 is 4.77. The van der Waals surface area contributed by atoms with Gasteiger partial charge in [-0.1, -0.05) is 0 Å². The second-order valence-corrected chi connectivity index (χ2v) is 2.68. The van der Waals surface area contributed by atoms with Gasteiger partial charge >= 0.3 is 0 Å². The van der Waals surface area contributed by atoms with Crippen molar-refractivity contribution in [2.24, 2.45) is 0 Å². The van der Waals surface area contributed by atoms with Crippen LogP contribution in [0.2, 0.25) is 0 Å². The third-order valence-electron chi connectivity index (χ3n) is 1.81. The molecule has 0 aromatic heterocycles. The average molecular weight is 164 g/mol. The molecule has 1 aliphatic rings. The number of hydrogen-bond acceptors (Lipinski definition) is 5. The Morgan fingerprint density at radius 1 is 1.45 bits per heavy atom. The number of aliphatic hydroxyl groups is 4. The van der Waals surface area contributed by atoms with E-state index in [-0.39, 0.29) is 13.0 Å². The molecule has 3 atom stereocenters. The zero-order valence-electron chi connectivity index (χ0n) is 5.97. The lowest BCUT2D eigenvalue weighted by atomic mass is 10.1. The van der Waals surface area contributed by atoms with Gasteiger partial charge in [0, 0.05) is 6.42 Å². The first kappa shape index (κ1) is 8.89. The zero-order chi connectivity index (χ0) is 8.48. The van der Waals surface area contributed by atoms with Gasteiger partial charge in [0.15, 0.2) is 0 Å². The smallest absolute Gasteiger partial charge is 0.216 e. The van der Waals surface area contributed by atoms with Gasteiger partial charge in [-0.05, 0) is 0 Å². The van der Waals surface area contributed by atoms with Crippen molar-refractivity contribution in [1.82, 2.24) is 0 Å². The minimum Gasteiger partial charge on any atom is -0.394 e. The van der Waals surface area contributed by atoms with Crippen molar-refractivity contribution < 1.29 is 25.2 Å². The first-order chi connectivity index (χ1) is 5.12. The van der Waals surface area contributed by atoms with Crippen LogP contribution in [-0.2, 0) is 4.74 Å². The Morgan fingerprint density at radius 2 is 2.09 bits per heavy atom. The van der Waals surface area contributed by atoms with Gasteiger partial charge in [-0.3, -0.25) is 0 Å². The molecule has 0 aromatic carbocycles. The second kappa shape index (κ2) is 3.04. The predicted octanol–water partition coefficient (Wildman–Crippen LogP) is -2.19. The average Bonchev–Trinajstić information content (AvgIpc) is 2.29. The van der Waals surface area contributed by atoms with Crippen LogP contribution < -0.4 is 0 Å². The summed E-state index contributed by atoms with van der Waals surface area (Å²) in [6.45, 7) is -0.927. The molecule has 0 amide bonds. The quantitative estimate of drug-likeness (QED) is 0.372. The van der Waals surface area contributed by atoms with Gasteiger partial charge in [0.05, 0.1) is 19.3 Å². The first-order valence-electron chi connectivity index (χ1n) is 3.42. The fraction of sp³-hybridized carbons (Fsp3) is 1.00. The Balaban J connectivity index is 2.57. The van der Waals surface area contributed by atoms with Crippen molar-refractivity contribution in [3.05, 3.63) is 0 Å².